The molecule has 0 heterocycles. The van der Waals surface area contributed by atoms with Gasteiger partial charge >= 0.3 is 10.1 Å². The van der Waals surface area contributed by atoms with Crippen molar-refractivity contribution in [2.75, 3.05) is 0 Å². The number of aryl methyl sites for hydroxylation is 2. The maximum Gasteiger partial charge on any atom is 0.339 e. The van der Waals surface area contributed by atoms with E-state index in [1.807, 2.05) is 19.1 Å². The van der Waals surface area contributed by atoms with Gasteiger partial charge in [-0.25, -0.2) is 5.43 Å². The molecule has 0 spiro atoms. The van der Waals surface area contributed by atoms with Gasteiger partial charge in [-0.3, -0.25) is 4.79 Å². The molecule has 3 aromatic rings. The quantitative estimate of drug-likeness (QED) is 0.199. The van der Waals surface area contributed by atoms with Crippen molar-refractivity contribution in [3.05, 3.63) is 88.5 Å². The summed E-state index contributed by atoms with van der Waals surface area (Å²) < 4.78 is 30.4. The lowest BCUT2D eigenvalue weighted by molar-refractivity contribution is -0.121. The second-order valence-electron chi connectivity index (χ2n) is 11.8. The SMILES string of the molecule is Cc1ccc(S(=O)(=O)Oc2cccc(/C=N\NC(=O)CCc3cc(C(C)(C)C)c(O)c(C(C)(C)C)c3)c2)cc1. The highest BCUT2D eigenvalue weighted by Gasteiger charge is 2.26. The molecule has 3 aromatic carbocycles. The standard InChI is InChI=1S/C31H38N2O5S/c1-21-11-14-25(15-12-21)39(36,37)38-24-10-8-9-23(17-24)20-32-33-28(34)16-13-22-18-26(30(2,3)4)29(35)27(19-22)31(5,6)7/h8-12,14-15,17-20,35H,13,16H2,1-7H3,(H,33,34)/b32-20-. The molecule has 7 nitrogen and oxygen atoms in total. The molecule has 0 saturated carbocycles. The van der Waals surface area contributed by atoms with E-state index >= 15 is 0 Å². The Labute approximate surface area is 232 Å². The largest absolute Gasteiger partial charge is 0.507 e. The lowest BCUT2D eigenvalue weighted by atomic mass is 9.78. The molecule has 0 aliphatic carbocycles. The maximum absolute atomic E-state index is 12.6. The van der Waals surface area contributed by atoms with Crippen LogP contribution in [0.4, 0.5) is 0 Å². The number of nitrogens with one attached hydrogen (secondary N) is 1. The molecule has 0 bridgehead atoms. The van der Waals surface area contributed by atoms with Gasteiger partial charge in [-0.2, -0.15) is 13.5 Å². The van der Waals surface area contributed by atoms with Gasteiger partial charge in [0.25, 0.3) is 0 Å². The highest BCUT2D eigenvalue weighted by Crippen LogP contribution is 2.40. The van der Waals surface area contributed by atoms with Crippen LogP contribution in [0.1, 0.15) is 75.8 Å². The number of phenols is 1. The van der Waals surface area contributed by atoms with Gasteiger partial charge in [0.1, 0.15) is 16.4 Å². The minimum atomic E-state index is -3.97. The van der Waals surface area contributed by atoms with Crippen LogP contribution in [-0.2, 0) is 32.2 Å². The Hall–Kier alpha value is -3.65. The van der Waals surface area contributed by atoms with Crippen molar-refractivity contribution < 1.29 is 22.5 Å². The number of carbonyl (C=O) groups is 1. The van der Waals surface area contributed by atoms with Crippen molar-refractivity contribution in [2.24, 2.45) is 5.10 Å². The number of hydrogen-bond acceptors (Lipinski definition) is 6. The van der Waals surface area contributed by atoms with Crippen LogP contribution in [0.2, 0.25) is 0 Å². The summed E-state index contributed by atoms with van der Waals surface area (Å²) in [5.41, 5.74) is 6.23. The summed E-state index contributed by atoms with van der Waals surface area (Å²) in [6, 6.07) is 16.8. The number of rotatable bonds is 8. The monoisotopic (exact) mass is 550 g/mol. The van der Waals surface area contributed by atoms with E-state index in [1.165, 1.54) is 30.5 Å². The zero-order chi connectivity index (χ0) is 29.0. The van der Waals surface area contributed by atoms with Gasteiger partial charge in [0.05, 0.1) is 6.21 Å². The van der Waals surface area contributed by atoms with Gasteiger partial charge in [0.15, 0.2) is 0 Å². The minimum Gasteiger partial charge on any atom is -0.507 e. The van der Waals surface area contributed by atoms with Crippen molar-refractivity contribution >= 4 is 22.2 Å². The molecule has 208 valence electrons. The van der Waals surface area contributed by atoms with Gasteiger partial charge in [0, 0.05) is 6.42 Å². The van der Waals surface area contributed by atoms with Gasteiger partial charge in [0.2, 0.25) is 5.91 Å². The molecule has 0 atom stereocenters. The minimum absolute atomic E-state index is 0.0669. The smallest absolute Gasteiger partial charge is 0.339 e. The molecule has 0 unspecified atom stereocenters. The number of phenolic OH excluding ortho intramolecular Hbond substituents is 1. The van der Waals surface area contributed by atoms with Crippen molar-refractivity contribution in [1.29, 1.82) is 0 Å². The van der Waals surface area contributed by atoms with E-state index in [0.29, 0.717) is 17.7 Å². The molecular formula is C31H38N2O5S. The van der Waals surface area contributed by atoms with Gasteiger partial charge in [-0.1, -0.05) is 83.5 Å². The predicted octanol–water partition coefficient (Wildman–Crippen LogP) is 6.15. The zero-order valence-electron chi connectivity index (χ0n) is 23.7. The van der Waals surface area contributed by atoms with Crippen LogP contribution in [0.5, 0.6) is 11.5 Å². The summed E-state index contributed by atoms with van der Waals surface area (Å²) in [5.74, 6) is 0.191. The number of nitrogens with zero attached hydrogens (tertiary/aromatic N) is 1. The third kappa shape index (κ3) is 8.17. The number of carbonyl (C=O) groups excluding carboxylic acids is 1. The van der Waals surface area contributed by atoms with Gasteiger partial charge < -0.3 is 9.29 Å². The Morgan fingerprint density at radius 3 is 2.10 bits per heavy atom. The molecule has 1 amide bonds. The number of amides is 1. The second-order valence-corrected chi connectivity index (χ2v) is 13.3. The first-order valence-corrected chi connectivity index (χ1v) is 14.3. The molecule has 8 heteroatoms. The Morgan fingerprint density at radius 2 is 1.54 bits per heavy atom. The number of hydrazone groups is 1. The Balaban J connectivity index is 1.64. The first kappa shape index (κ1) is 29.9. The van der Waals surface area contributed by atoms with Gasteiger partial charge in [-0.05, 0) is 70.7 Å². The Bertz CT molecular complexity index is 1430. The Morgan fingerprint density at radius 1 is 0.949 bits per heavy atom. The lowest BCUT2D eigenvalue weighted by Crippen LogP contribution is -2.20. The van der Waals surface area contributed by atoms with Crippen LogP contribution in [0.25, 0.3) is 0 Å². The van der Waals surface area contributed by atoms with Crippen molar-refractivity contribution in [3.8, 4) is 11.5 Å². The average Bonchev–Trinajstić information content (AvgIpc) is 2.82. The van der Waals surface area contributed by atoms with E-state index in [-0.39, 0.29) is 33.8 Å². The van der Waals surface area contributed by atoms with Crippen LogP contribution in [0, 0.1) is 6.92 Å². The van der Waals surface area contributed by atoms with Crippen molar-refractivity contribution in [2.45, 2.75) is 77.0 Å². The van der Waals surface area contributed by atoms with E-state index in [1.54, 1.807) is 24.3 Å². The number of benzene rings is 3. The summed E-state index contributed by atoms with van der Waals surface area (Å²) in [6.45, 7) is 14.2. The van der Waals surface area contributed by atoms with Crippen LogP contribution < -0.4 is 9.61 Å². The molecular weight excluding hydrogens is 512 g/mol. The summed E-state index contributed by atoms with van der Waals surface area (Å²) >= 11 is 0. The average molecular weight is 551 g/mol. The number of aromatic hydroxyl groups is 1. The highest BCUT2D eigenvalue weighted by atomic mass is 32.2. The van der Waals surface area contributed by atoms with E-state index in [9.17, 15) is 18.3 Å². The molecule has 0 aliphatic heterocycles. The Kier molecular flexibility index (Phi) is 8.91. The molecule has 0 aromatic heterocycles. The molecule has 2 N–H and O–H groups in total. The highest BCUT2D eigenvalue weighted by molar-refractivity contribution is 7.87. The molecule has 3 rings (SSSR count). The molecule has 39 heavy (non-hydrogen) atoms. The molecule has 0 saturated heterocycles. The van der Waals surface area contributed by atoms with Crippen LogP contribution >= 0.6 is 0 Å². The first-order valence-electron chi connectivity index (χ1n) is 12.9. The third-order valence-corrected chi connectivity index (χ3v) is 7.46. The molecule has 0 aliphatic rings. The van der Waals surface area contributed by atoms with Crippen LogP contribution in [0.15, 0.2) is 70.7 Å². The van der Waals surface area contributed by atoms with Gasteiger partial charge in [-0.15, -0.1) is 0 Å². The predicted molar refractivity (Wildman–Crippen MR) is 155 cm³/mol. The fourth-order valence-electron chi connectivity index (χ4n) is 4.00. The summed E-state index contributed by atoms with van der Waals surface area (Å²) in [4.78, 5) is 12.6. The van der Waals surface area contributed by atoms with Crippen molar-refractivity contribution in [1.82, 2.24) is 5.43 Å². The van der Waals surface area contributed by atoms with Crippen LogP contribution in [-0.4, -0.2) is 25.6 Å². The third-order valence-electron chi connectivity index (χ3n) is 6.20. The molecule has 0 fully saturated rings. The summed E-state index contributed by atoms with van der Waals surface area (Å²) in [7, 11) is -3.97. The fourth-order valence-corrected chi connectivity index (χ4v) is 4.92. The number of hydrogen-bond donors (Lipinski definition) is 2. The fraction of sp³-hybridized carbons (Fsp3) is 0.355. The van der Waals surface area contributed by atoms with Crippen LogP contribution in [0.3, 0.4) is 0 Å². The summed E-state index contributed by atoms with van der Waals surface area (Å²) in [6.07, 6.45) is 2.14. The normalized spacial score (nSPS) is 12.5. The van der Waals surface area contributed by atoms with E-state index in [4.69, 9.17) is 4.18 Å². The maximum atomic E-state index is 12.6. The lowest BCUT2D eigenvalue weighted by Gasteiger charge is -2.28. The van der Waals surface area contributed by atoms with E-state index in [2.05, 4.69) is 52.1 Å². The van der Waals surface area contributed by atoms with E-state index in [0.717, 1.165) is 22.3 Å². The summed E-state index contributed by atoms with van der Waals surface area (Å²) in [5, 5.41) is 14.9. The molecule has 0 radical (unpaired) electrons. The second kappa shape index (κ2) is 11.6. The van der Waals surface area contributed by atoms with E-state index < -0.39 is 10.1 Å². The van der Waals surface area contributed by atoms with Crippen molar-refractivity contribution in [3.63, 3.8) is 0 Å². The topological polar surface area (TPSA) is 105 Å². The zero-order valence-corrected chi connectivity index (χ0v) is 24.5. The first-order chi connectivity index (χ1) is 18.1.